The highest BCUT2D eigenvalue weighted by atomic mass is 127. The molecule has 0 bridgehead atoms. The van der Waals surface area contributed by atoms with Crippen molar-refractivity contribution in [3.05, 3.63) is 34.9 Å². The Bertz CT molecular complexity index is 564. The maximum atomic E-state index is 11.1. The number of halogens is 2. The maximum absolute atomic E-state index is 11.1. The van der Waals surface area contributed by atoms with Crippen LogP contribution in [0.3, 0.4) is 0 Å². The first-order chi connectivity index (χ1) is 9.40. The molecule has 0 amide bonds. The lowest BCUT2D eigenvalue weighted by Gasteiger charge is -2.10. The molecule has 0 aliphatic heterocycles. The normalized spacial score (nSPS) is 11.7. The van der Waals surface area contributed by atoms with Crippen LogP contribution in [0.2, 0.25) is 5.02 Å². The summed E-state index contributed by atoms with van der Waals surface area (Å²) in [6.07, 6.45) is 1.21. The largest absolute Gasteiger partial charge is 0.357 e. The summed E-state index contributed by atoms with van der Waals surface area (Å²) in [5, 5.41) is 6.73. The van der Waals surface area contributed by atoms with Crippen LogP contribution in [0.5, 0.6) is 0 Å². The van der Waals surface area contributed by atoms with Crippen LogP contribution in [0.1, 0.15) is 12.5 Å². The molecule has 0 aromatic heterocycles. The molecule has 21 heavy (non-hydrogen) atoms. The van der Waals surface area contributed by atoms with Crippen LogP contribution in [0.4, 0.5) is 0 Å². The molecule has 0 heterocycles. The molecule has 2 N–H and O–H groups in total. The Kier molecular flexibility index (Phi) is 9.97. The summed E-state index contributed by atoms with van der Waals surface area (Å²) in [4.78, 5) is 4.39. The number of hydrogen-bond donors (Lipinski definition) is 2. The molecule has 0 radical (unpaired) electrons. The van der Waals surface area contributed by atoms with Gasteiger partial charge in [-0.2, -0.15) is 0 Å². The van der Waals surface area contributed by atoms with Gasteiger partial charge >= 0.3 is 0 Å². The lowest BCUT2D eigenvalue weighted by molar-refractivity contribution is 0.600. The van der Waals surface area contributed by atoms with Crippen LogP contribution in [0, 0.1) is 0 Å². The third-order valence-electron chi connectivity index (χ3n) is 2.42. The van der Waals surface area contributed by atoms with Crippen LogP contribution in [0.15, 0.2) is 29.3 Å². The van der Waals surface area contributed by atoms with Crippen molar-refractivity contribution in [2.24, 2.45) is 4.99 Å². The minimum Gasteiger partial charge on any atom is -0.357 e. The molecule has 0 fully saturated rings. The number of guanidine groups is 1. The standard InChI is InChI=1S/C13H20ClN3O2S.HI/c1-3-15-13(16-7-8-20(2,18)19)17-10-11-5-4-6-12(14)9-11;/h4-6,9H,3,7-8,10H2,1-2H3,(H2,15,16,17);1H. The van der Waals surface area contributed by atoms with Gasteiger partial charge in [-0.1, -0.05) is 23.7 Å². The van der Waals surface area contributed by atoms with E-state index in [1.807, 2.05) is 31.2 Å². The zero-order valence-corrected chi connectivity index (χ0v) is 16.0. The number of nitrogens with zero attached hydrogens (tertiary/aromatic N) is 1. The summed E-state index contributed by atoms with van der Waals surface area (Å²) in [5.41, 5.74) is 0.998. The SMILES string of the molecule is CCNC(=NCc1cccc(Cl)c1)NCCS(C)(=O)=O.I. The Morgan fingerprint density at radius 3 is 2.62 bits per heavy atom. The van der Waals surface area contributed by atoms with Crippen molar-refractivity contribution in [1.29, 1.82) is 0 Å². The van der Waals surface area contributed by atoms with E-state index in [4.69, 9.17) is 11.6 Å². The molecule has 0 saturated heterocycles. The minimum atomic E-state index is -2.97. The van der Waals surface area contributed by atoms with Crippen LogP contribution < -0.4 is 10.6 Å². The monoisotopic (exact) mass is 445 g/mol. The quantitative estimate of drug-likeness (QED) is 0.399. The third-order valence-corrected chi connectivity index (χ3v) is 3.60. The number of aliphatic imine (C=N–C) groups is 1. The summed E-state index contributed by atoms with van der Waals surface area (Å²) >= 11 is 5.91. The van der Waals surface area contributed by atoms with Crippen molar-refractivity contribution in [3.8, 4) is 0 Å². The molecule has 5 nitrogen and oxygen atoms in total. The predicted molar refractivity (Wildman–Crippen MR) is 99.4 cm³/mol. The van der Waals surface area contributed by atoms with Gasteiger partial charge in [0.25, 0.3) is 0 Å². The highest BCUT2D eigenvalue weighted by molar-refractivity contribution is 14.0. The van der Waals surface area contributed by atoms with Gasteiger partial charge in [-0.25, -0.2) is 13.4 Å². The number of rotatable bonds is 6. The molecule has 0 atom stereocenters. The summed E-state index contributed by atoms with van der Waals surface area (Å²) in [7, 11) is -2.97. The second kappa shape index (κ2) is 10.2. The van der Waals surface area contributed by atoms with E-state index in [2.05, 4.69) is 15.6 Å². The van der Waals surface area contributed by atoms with Gasteiger partial charge in [-0.05, 0) is 24.6 Å². The average molecular weight is 446 g/mol. The fourth-order valence-electron chi connectivity index (χ4n) is 1.50. The predicted octanol–water partition coefficient (Wildman–Crippen LogP) is 2.06. The third kappa shape index (κ3) is 9.92. The second-order valence-electron chi connectivity index (χ2n) is 4.38. The second-order valence-corrected chi connectivity index (χ2v) is 7.08. The van der Waals surface area contributed by atoms with Gasteiger partial charge in [-0.15, -0.1) is 24.0 Å². The van der Waals surface area contributed by atoms with Crippen molar-refractivity contribution in [2.75, 3.05) is 25.1 Å². The minimum absolute atomic E-state index is 0. The number of hydrogen-bond acceptors (Lipinski definition) is 3. The van der Waals surface area contributed by atoms with Crippen molar-refractivity contribution in [2.45, 2.75) is 13.5 Å². The summed E-state index contributed by atoms with van der Waals surface area (Å²) < 4.78 is 22.1. The Balaban J connectivity index is 0.00000400. The van der Waals surface area contributed by atoms with Gasteiger partial charge in [0.15, 0.2) is 5.96 Å². The fraction of sp³-hybridized carbons (Fsp3) is 0.462. The molecule has 8 heteroatoms. The van der Waals surface area contributed by atoms with Crippen LogP contribution in [-0.2, 0) is 16.4 Å². The summed E-state index contributed by atoms with van der Waals surface area (Å²) in [6, 6.07) is 7.47. The highest BCUT2D eigenvalue weighted by Gasteiger charge is 2.03. The molecule has 0 aliphatic carbocycles. The first kappa shape index (κ1) is 20.5. The molecule has 0 aliphatic rings. The van der Waals surface area contributed by atoms with E-state index in [0.717, 1.165) is 5.56 Å². The smallest absolute Gasteiger partial charge is 0.191 e. The van der Waals surface area contributed by atoms with Gasteiger partial charge in [0, 0.05) is 24.4 Å². The molecule has 1 aromatic carbocycles. The van der Waals surface area contributed by atoms with Gasteiger partial charge < -0.3 is 10.6 Å². The molecular weight excluding hydrogens is 425 g/mol. The zero-order chi connectivity index (χ0) is 15.0. The van der Waals surface area contributed by atoms with Gasteiger partial charge in [-0.3, -0.25) is 0 Å². The topological polar surface area (TPSA) is 70.6 Å². The molecule has 0 spiro atoms. The van der Waals surface area contributed by atoms with Crippen LogP contribution >= 0.6 is 35.6 Å². The number of sulfone groups is 1. The summed E-state index contributed by atoms with van der Waals surface area (Å²) in [5.74, 6) is 0.672. The van der Waals surface area contributed by atoms with Crippen LogP contribution in [0.25, 0.3) is 0 Å². The number of nitrogens with one attached hydrogen (secondary N) is 2. The molecular formula is C13H21ClIN3O2S. The molecule has 120 valence electrons. The highest BCUT2D eigenvalue weighted by Crippen LogP contribution is 2.11. The summed E-state index contributed by atoms with van der Waals surface area (Å²) in [6.45, 7) is 3.47. The van der Waals surface area contributed by atoms with E-state index >= 15 is 0 Å². The van der Waals surface area contributed by atoms with E-state index in [9.17, 15) is 8.42 Å². The molecule has 0 unspecified atom stereocenters. The van der Waals surface area contributed by atoms with Gasteiger partial charge in [0.05, 0.1) is 12.3 Å². The van der Waals surface area contributed by atoms with E-state index in [-0.39, 0.29) is 29.7 Å². The zero-order valence-electron chi connectivity index (χ0n) is 12.1. The first-order valence-corrected chi connectivity index (χ1v) is 8.79. The van der Waals surface area contributed by atoms with Crippen LogP contribution in [-0.4, -0.2) is 39.5 Å². The Hall–Kier alpha value is -0.540. The Morgan fingerprint density at radius 1 is 1.33 bits per heavy atom. The van der Waals surface area contributed by atoms with Crippen molar-refractivity contribution >= 4 is 51.4 Å². The van der Waals surface area contributed by atoms with Gasteiger partial charge in [0.2, 0.25) is 0 Å². The van der Waals surface area contributed by atoms with E-state index in [0.29, 0.717) is 30.6 Å². The van der Waals surface area contributed by atoms with Gasteiger partial charge in [0.1, 0.15) is 9.84 Å². The Morgan fingerprint density at radius 2 is 2.05 bits per heavy atom. The van der Waals surface area contributed by atoms with E-state index in [1.54, 1.807) is 0 Å². The average Bonchev–Trinajstić information content (AvgIpc) is 2.34. The molecule has 0 saturated carbocycles. The molecule has 1 aromatic rings. The van der Waals surface area contributed by atoms with E-state index < -0.39 is 9.84 Å². The fourth-order valence-corrected chi connectivity index (χ4v) is 2.19. The van der Waals surface area contributed by atoms with Crippen molar-refractivity contribution in [1.82, 2.24) is 10.6 Å². The maximum Gasteiger partial charge on any atom is 0.191 e. The Labute approximate surface area is 148 Å². The van der Waals surface area contributed by atoms with Crippen molar-refractivity contribution < 1.29 is 8.42 Å². The number of benzene rings is 1. The van der Waals surface area contributed by atoms with E-state index in [1.165, 1.54) is 6.26 Å². The van der Waals surface area contributed by atoms with Crippen molar-refractivity contribution in [3.63, 3.8) is 0 Å². The first-order valence-electron chi connectivity index (χ1n) is 6.35. The lowest BCUT2D eigenvalue weighted by Crippen LogP contribution is -2.39. The molecule has 1 rings (SSSR count). The lowest BCUT2D eigenvalue weighted by atomic mass is 10.2.